The van der Waals surface area contributed by atoms with Crippen LogP contribution in [-0.4, -0.2) is 33.2 Å². The van der Waals surface area contributed by atoms with Crippen molar-refractivity contribution >= 4 is 11.8 Å². The average molecular weight is 291 g/mol. The van der Waals surface area contributed by atoms with Gasteiger partial charge in [-0.3, -0.25) is 4.79 Å². The lowest BCUT2D eigenvalue weighted by Crippen LogP contribution is -2.43. The molecule has 2 aliphatic rings. The van der Waals surface area contributed by atoms with Gasteiger partial charge in [-0.15, -0.1) is 0 Å². The minimum Gasteiger partial charge on any atom is -0.480 e. The van der Waals surface area contributed by atoms with Crippen LogP contribution < -0.4 is 10.5 Å². The van der Waals surface area contributed by atoms with Crippen molar-refractivity contribution in [2.75, 3.05) is 11.4 Å². The van der Waals surface area contributed by atoms with Crippen molar-refractivity contribution in [2.24, 2.45) is 11.8 Å². The Morgan fingerprint density at radius 3 is 3.00 bits per heavy atom. The zero-order chi connectivity index (χ0) is 15.0. The zero-order valence-corrected chi connectivity index (χ0v) is 12.2. The van der Waals surface area contributed by atoms with E-state index in [-0.39, 0.29) is 11.5 Å². The van der Waals surface area contributed by atoms with Crippen LogP contribution in [0.1, 0.15) is 32.6 Å². The molecule has 21 heavy (non-hydrogen) atoms. The second kappa shape index (κ2) is 5.50. The van der Waals surface area contributed by atoms with Crippen molar-refractivity contribution in [1.82, 2.24) is 9.55 Å². The lowest BCUT2D eigenvalue weighted by molar-refractivity contribution is -0.139. The molecule has 0 amide bonds. The highest BCUT2D eigenvalue weighted by atomic mass is 16.4. The number of aromatic nitrogens is 2. The molecule has 0 bridgehead atoms. The van der Waals surface area contributed by atoms with Gasteiger partial charge in [0, 0.05) is 25.5 Å². The van der Waals surface area contributed by atoms with E-state index < -0.39 is 12.0 Å². The minimum absolute atomic E-state index is 0.156. The standard InChI is InChI=1S/C15H21N3O3/c1-2-7-17-8-6-16-13(14(17)19)18-9-10-4-3-5-11(10)12(18)15(20)21/h6,8,10-12H,2-5,7,9H2,1H3,(H,20,21). The number of hydrogen-bond donors (Lipinski definition) is 1. The van der Waals surface area contributed by atoms with Gasteiger partial charge >= 0.3 is 5.97 Å². The quantitative estimate of drug-likeness (QED) is 0.906. The van der Waals surface area contributed by atoms with Crippen molar-refractivity contribution in [3.05, 3.63) is 22.7 Å². The maximum atomic E-state index is 12.5. The first-order valence-electron chi connectivity index (χ1n) is 7.68. The van der Waals surface area contributed by atoms with E-state index in [0.29, 0.717) is 24.8 Å². The van der Waals surface area contributed by atoms with Crippen LogP contribution >= 0.6 is 0 Å². The van der Waals surface area contributed by atoms with E-state index in [4.69, 9.17) is 0 Å². The molecular formula is C15H21N3O3. The molecule has 6 nitrogen and oxygen atoms in total. The fraction of sp³-hybridized carbons (Fsp3) is 0.667. The van der Waals surface area contributed by atoms with Gasteiger partial charge in [0.25, 0.3) is 5.56 Å². The molecular weight excluding hydrogens is 270 g/mol. The predicted octanol–water partition coefficient (Wildman–Crippen LogP) is 1.34. The Kier molecular flexibility index (Phi) is 3.69. The lowest BCUT2D eigenvalue weighted by Gasteiger charge is -2.25. The van der Waals surface area contributed by atoms with E-state index in [1.165, 1.54) is 0 Å². The first-order valence-corrected chi connectivity index (χ1v) is 7.68. The second-order valence-corrected chi connectivity index (χ2v) is 6.04. The summed E-state index contributed by atoms with van der Waals surface area (Å²) in [5, 5.41) is 9.58. The highest BCUT2D eigenvalue weighted by Crippen LogP contribution is 2.42. The highest BCUT2D eigenvalue weighted by molar-refractivity contribution is 5.79. The third-order valence-corrected chi connectivity index (χ3v) is 4.78. The Bertz CT molecular complexity index is 598. The molecule has 1 aliphatic carbocycles. The number of hydrogen-bond acceptors (Lipinski definition) is 4. The molecule has 1 saturated heterocycles. The van der Waals surface area contributed by atoms with E-state index in [9.17, 15) is 14.7 Å². The topological polar surface area (TPSA) is 75.4 Å². The molecule has 2 heterocycles. The average Bonchev–Trinajstić information content (AvgIpc) is 3.01. The maximum absolute atomic E-state index is 12.5. The molecule has 1 N–H and O–H groups in total. The molecule has 6 heteroatoms. The first-order chi connectivity index (χ1) is 10.1. The SMILES string of the molecule is CCCn1ccnc(N2CC3CCCC3C2C(=O)O)c1=O. The number of nitrogens with zero attached hydrogens (tertiary/aromatic N) is 3. The molecule has 1 saturated carbocycles. The second-order valence-electron chi connectivity index (χ2n) is 6.04. The fourth-order valence-corrected chi connectivity index (χ4v) is 3.89. The molecule has 0 spiro atoms. The Hall–Kier alpha value is -1.85. The van der Waals surface area contributed by atoms with Gasteiger partial charge in [0.1, 0.15) is 6.04 Å². The van der Waals surface area contributed by atoms with Crippen LogP contribution in [-0.2, 0) is 11.3 Å². The summed E-state index contributed by atoms with van der Waals surface area (Å²) in [5.74, 6) is -0.0000860. The van der Waals surface area contributed by atoms with Crippen LogP contribution in [0.4, 0.5) is 5.82 Å². The summed E-state index contributed by atoms with van der Waals surface area (Å²) in [6, 6.07) is -0.602. The van der Waals surface area contributed by atoms with Gasteiger partial charge in [-0.25, -0.2) is 9.78 Å². The molecule has 1 aromatic heterocycles. The molecule has 1 aromatic rings. The van der Waals surface area contributed by atoms with Crippen LogP contribution in [0, 0.1) is 11.8 Å². The zero-order valence-electron chi connectivity index (χ0n) is 12.2. The van der Waals surface area contributed by atoms with E-state index in [2.05, 4.69) is 4.98 Å². The van der Waals surface area contributed by atoms with Gasteiger partial charge in [-0.2, -0.15) is 0 Å². The van der Waals surface area contributed by atoms with E-state index >= 15 is 0 Å². The smallest absolute Gasteiger partial charge is 0.326 e. The van der Waals surface area contributed by atoms with Crippen molar-refractivity contribution in [3.8, 4) is 0 Å². The van der Waals surface area contributed by atoms with Crippen molar-refractivity contribution in [1.29, 1.82) is 0 Å². The first kappa shape index (κ1) is 14.1. The number of aryl methyl sites for hydroxylation is 1. The molecule has 3 atom stereocenters. The Labute approximate surface area is 123 Å². The van der Waals surface area contributed by atoms with Crippen LogP contribution in [0.3, 0.4) is 0 Å². The van der Waals surface area contributed by atoms with Crippen molar-refractivity contribution in [2.45, 2.75) is 45.2 Å². The monoisotopic (exact) mass is 291 g/mol. The van der Waals surface area contributed by atoms with Gasteiger partial charge in [0.05, 0.1) is 0 Å². The summed E-state index contributed by atoms with van der Waals surface area (Å²) in [5.41, 5.74) is -0.175. The highest BCUT2D eigenvalue weighted by Gasteiger charge is 2.48. The van der Waals surface area contributed by atoms with Crippen LogP contribution in [0.25, 0.3) is 0 Å². The van der Waals surface area contributed by atoms with Crippen LogP contribution in [0.2, 0.25) is 0 Å². The Balaban J connectivity index is 1.98. The largest absolute Gasteiger partial charge is 0.480 e. The van der Waals surface area contributed by atoms with Gasteiger partial charge in [-0.05, 0) is 31.1 Å². The summed E-state index contributed by atoms with van der Waals surface area (Å²) >= 11 is 0. The summed E-state index contributed by atoms with van der Waals surface area (Å²) in [7, 11) is 0. The molecule has 3 unspecified atom stereocenters. The van der Waals surface area contributed by atoms with E-state index in [0.717, 1.165) is 25.7 Å². The van der Waals surface area contributed by atoms with E-state index in [1.54, 1.807) is 21.9 Å². The summed E-state index contributed by atoms with van der Waals surface area (Å²) in [6.07, 6.45) is 7.21. The normalized spacial score (nSPS) is 27.9. The maximum Gasteiger partial charge on any atom is 0.326 e. The number of carboxylic acids is 1. The van der Waals surface area contributed by atoms with Gasteiger partial charge in [0.15, 0.2) is 5.82 Å². The summed E-state index contributed by atoms with van der Waals surface area (Å²) in [4.78, 5) is 30.1. The third-order valence-electron chi connectivity index (χ3n) is 4.78. The van der Waals surface area contributed by atoms with Gasteiger partial charge in [0.2, 0.25) is 0 Å². The summed E-state index contributed by atoms with van der Waals surface area (Å²) < 4.78 is 1.62. The molecule has 2 fully saturated rings. The Morgan fingerprint density at radius 2 is 2.29 bits per heavy atom. The number of anilines is 1. The molecule has 114 valence electrons. The minimum atomic E-state index is -0.837. The number of aliphatic carboxylic acids is 1. The Morgan fingerprint density at radius 1 is 1.48 bits per heavy atom. The van der Waals surface area contributed by atoms with Crippen LogP contribution in [0.15, 0.2) is 17.2 Å². The number of carboxylic acid groups (broad SMARTS) is 1. The fourth-order valence-electron chi connectivity index (χ4n) is 3.89. The third kappa shape index (κ3) is 2.32. The van der Waals surface area contributed by atoms with Crippen molar-refractivity contribution < 1.29 is 9.90 Å². The number of fused-ring (bicyclic) bond motifs is 1. The summed E-state index contributed by atoms with van der Waals surface area (Å²) in [6.45, 7) is 3.28. The number of rotatable bonds is 4. The molecule has 0 aromatic carbocycles. The number of carbonyl (C=O) groups is 1. The van der Waals surface area contributed by atoms with Gasteiger partial charge in [-0.1, -0.05) is 13.3 Å². The molecule has 1 aliphatic heterocycles. The van der Waals surface area contributed by atoms with E-state index in [1.807, 2.05) is 6.92 Å². The van der Waals surface area contributed by atoms with Gasteiger partial charge < -0.3 is 14.6 Å². The molecule has 0 radical (unpaired) electrons. The lowest BCUT2D eigenvalue weighted by atomic mass is 9.94. The van der Waals surface area contributed by atoms with Crippen molar-refractivity contribution in [3.63, 3.8) is 0 Å². The molecule has 3 rings (SSSR count). The predicted molar refractivity (Wildman–Crippen MR) is 78.4 cm³/mol. The van der Waals surface area contributed by atoms with Crippen LogP contribution in [0.5, 0.6) is 0 Å².